The number of carbonyl (C=O) groups is 3. The smallest absolute Gasteiger partial charge is 0.303 e. The molecule has 0 unspecified atom stereocenters. The molecule has 2 aromatic heterocycles. The average molecular weight is 614 g/mol. The molecule has 0 aliphatic carbocycles. The number of para-hydroxylation sites is 1. The summed E-state index contributed by atoms with van der Waals surface area (Å²) in [7, 11) is 0. The Morgan fingerprint density at radius 1 is 1.29 bits per heavy atom. The fourth-order valence-electron chi connectivity index (χ4n) is 4.84. The highest BCUT2D eigenvalue weighted by atomic mass is 35.5. The van der Waals surface area contributed by atoms with Crippen LogP contribution in [-0.2, 0) is 27.2 Å². The average Bonchev–Trinajstić information content (AvgIpc) is 3.69. The van der Waals surface area contributed by atoms with Gasteiger partial charge in [-0.25, -0.2) is 9.37 Å². The molecule has 1 atom stereocenters. The lowest BCUT2D eigenvalue weighted by atomic mass is 9.96. The standard InChI is InChI=1S/C30H29ClFN3O6S/c1-30(2,41-25-8-5-11-35(25)29-33-15-18(42-29)9-10-26(37)38)24(36)14-17-12-21(31)27(22(32)13-17)34-28(39)20-16-40-23-7-4-3-6-19(20)23/h3-4,6-7,12-13,15-16,25H,5,8-11,14H2,1-2H3,(H,34,39)(H,37,38)/t25-/m0/s1. The summed E-state index contributed by atoms with van der Waals surface area (Å²) in [6.45, 7) is 4.05. The van der Waals surface area contributed by atoms with Crippen LogP contribution in [0, 0.1) is 5.82 Å². The maximum atomic E-state index is 15.1. The molecule has 1 aliphatic rings. The molecule has 1 aliphatic heterocycles. The van der Waals surface area contributed by atoms with E-state index in [9.17, 15) is 14.4 Å². The molecular weight excluding hydrogens is 585 g/mol. The normalized spacial score (nSPS) is 15.3. The number of Topliss-reactive ketones (excluding diaryl/α,β-unsaturated/α-hetero) is 1. The molecule has 9 nitrogen and oxygen atoms in total. The molecule has 220 valence electrons. The zero-order chi connectivity index (χ0) is 30.0. The van der Waals surface area contributed by atoms with Gasteiger partial charge in [0.1, 0.15) is 29.5 Å². The number of nitrogens with one attached hydrogen (secondary N) is 1. The Morgan fingerprint density at radius 2 is 2.07 bits per heavy atom. The van der Waals surface area contributed by atoms with Crippen molar-refractivity contribution in [2.24, 2.45) is 0 Å². The van der Waals surface area contributed by atoms with E-state index in [1.54, 1.807) is 44.3 Å². The number of hydrogen-bond acceptors (Lipinski definition) is 8. The first-order valence-electron chi connectivity index (χ1n) is 13.4. The van der Waals surface area contributed by atoms with Gasteiger partial charge in [-0.15, -0.1) is 11.3 Å². The second-order valence-electron chi connectivity index (χ2n) is 10.6. The Morgan fingerprint density at radius 3 is 2.83 bits per heavy atom. The number of carboxylic acids is 1. The van der Waals surface area contributed by atoms with Gasteiger partial charge in [0.05, 0.1) is 22.7 Å². The minimum absolute atomic E-state index is 0.0304. The van der Waals surface area contributed by atoms with Gasteiger partial charge in [0.15, 0.2) is 10.9 Å². The molecule has 0 spiro atoms. The number of nitrogens with zero attached hydrogens (tertiary/aromatic N) is 2. The fourth-order valence-corrected chi connectivity index (χ4v) is 6.09. The summed E-state index contributed by atoms with van der Waals surface area (Å²) >= 11 is 7.77. The summed E-state index contributed by atoms with van der Waals surface area (Å²) in [5, 5.41) is 12.7. The van der Waals surface area contributed by atoms with Crippen LogP contribution in [0.25, 0.3) is 11.0 Å². The highest BCUT2D eigenvalue weighted by Gasteiger charge is 2.37. The molecule has 0 saturated carbocycles. The van der Waals surface area contributed by atoms with E-state index in [0.29, 0.717) is 35.9 Å². The number of ether oxygens (including phenoxy) is 1. The molecule has 4 aromatic rings. The predicted octanol–water partition coefficient (Wildman–Crippen LogP) is 6.48. The Hall–Kier alpha value is -3.80. The number of carboxylic acid groups (broad SMARTS) is 1. The van der Waals surface area contributed by atoms with Crippen LogP contribution >= 0.6 is 22.9 Å². The molecule has 12 heteroatoms. The van der Waals surface area contributed by atoms with E-state index in [1.165, 1.54) is 29.7 Å². The number of aliphatic carboxylic acids is 1. The molecule has 0 bridgehead atoms. The number of fused-ring (bicyclic) bond motifs is 1. The largest absolute Gasteiger partial charge is 0.481 e. The zero-order valence-corrected chi connectivity index (χ0v) is 24.6. The number of thiazole rings is 1. The number of ketones is 1. The predicted molar refractivity (Wildman–Crippen MR) is 158 cm³/mol. The van der Waals surface area contributed by atoms with Crippen molar-refractivity contribution in [3.8, 4) is 0 Å². The minimum atomic E-state index is -1.20. The van der Waals surface area contributed by atoms with Gasteiger partial charge in [-0.1, -0.05) is 29.8 Å². The van der Waals surface area contributed by atoms with Gasteiger partial charge in [-0.3, -0.25) is 14.4 Å². The van der Waals surface area contributed by atoms with Crippen molar-refractivity contribution in [3.63, 3.8) is 0 Å². The molecule has 2 aromatic carbocycles. The summed E-state index contributed by atoms with van der Waals surface area (Å²) in [6, 6.07) is 9.63. The summed E-state index contributed by atoms with van der Waals surface area (Å²) in [4.78, 5) is 44.4. The third-order valence-corrected chi connectivity index (χ3v) is 8.50. The second-order valence-corrected chi connectivity index (χ2v) is 12.1. The van der Waals surface area contributed by atoms with Crippen LogP contribution in [0.2, 0.25) is 5.02 Å². The van der Waals surface area contributed by atoms with E-state index in [4.69, 9.17) is 25.9 Å². The van der Waals surface area contributed by atoms with E-state index in [2.05, 4.69) is 10.3 Å². The van der Waals surface area contributed by atoms with Gasteiger partial charge < -0.3 is 24.5 Å². The fraction of sp³-hybridized carbons (Fsp3) is 0.333. The Bertz CT molecular complexity index is 1630. The number of furan rings is 1. The van der Waals surface area contributed by atoms with Crippen molar-refractivity contribution in [1.82, 2.24) is 4.98 Å². The number of amides is 1. The monoisotopic (exact) mass is 613 g/mol. The number of benzene rings is 2. The van der Waals surface area contributed by atoms with Crippen LogP contribution in [0.3, 0.4) is 0 Å². The molecule has 42 heavy (non-hydrogen) atoms. The van der Waals surface area contributed by atoms with Gasteiger partial charge in [0.2, 0.25) is 0 Å². The maximum absolute atomic E-state index is 15.1. The molecule has 5 rings (SSSR count). The van der Waals surface area contributed by atoms with Crippen molar-refractivity contribution in [1.29, 1.82) is 0 Å². The lowest BCUT2D eigenvalue weighted by Gasteiger charge is -2.32. The first-order chi connectivity index (χ1) is 20.0. The number of aromatic nitrogens is 1. The third-order valence-electron chi connectivity index (χ3n) is 7.10. The van der Waals surface area contributed by atoms with Crippen molar-refractivity contribution in [2.45, 2.75) is 57.8 Å². The Balaban J connectivity index is 1.24. The maximum Gasteiger partial charge on any atom is 0.303 e. The molecule has 3 heterocycles. The first kappa shape index (κ1) is 29.7. The van der Waals surface area contributed by atoms with Crippen LogP contribution < -0.4 is 10.2 Å². The highest BCUT2D eigenvalue weighted by molar-refractivity contribution is 7.15. The minimum Gasteiger partial charge on any atom is -0.481 e. The van der Waals surface area contributed by atoms with Gasteiger partial charge in [-0.2, -0.15) is 0 Å². The Kier molecular flexibility index (Phi) is 8.63. The Labute approximate surface area is 250 Å². The summed E-state index contributed by atoms with van der Waals surface area (Å²) in [5.74, 6) is -2.48. The van der Waals surface area contributed by atoms with Crippen LogP contribution in [0.4, 0.5) is 15.2 Å². The summed E-state index contributed by atoms with van der Waals surface area (Å²) < 4.78 is 26.8. The molecule has 1 amide bonds. The molecular formula is C30H29ClFN3O6S. The summed E-state index contributed by atoms with van der Waals surface area (Å²) in [6.07, 6.45) is 4.44. The molecule has 1 fully saturated rings. The van der Waals surface area contributed by atoms with Gasteiger partial charge in [-0.05, 0) is 56.9 Å². The van der Waals surface area contributed by atoms with Crippen LogP contribution in [-0.4, -0.2) is 46.1 Å². The number of hydrogen-bond donors (Lipinski definition) is 2. The van der Waals surface area contributed by atoms with Crippen LogP contribution in [0.5, 0.6) is 0 Å². The second kappa shape index (κ2) is 12.2. The van der Waals surface area contributed by atoms with Crippen molar-refractivity contribution >= 4 is 62.4 Å². The van der Waals surface area contributed by atoms with Crippen LogP contribution in [0.15, 0.2) is 53.3 Å². The van der Waals surface area contributed by atoms with Gasteiger partial charge in [0.25, 0.3) is 5.91 Å². The lowest BCUT2D eigenvalue weighted by molar-refractivity contribution is -0.146. The summed E-state index contributed by atoms with van der Waals surface area (Å²) in [5.41, 5.74) is -0.270. The van der Waals surface area contributed by atoms with E-state index in [0.717, 1.165) is 16.4 Å². The van der Waals surface area contributed by atoms with E-state index >= 15 is 4.39 Å². The van der Waals surface area contributed by atoms with Gasteiger partial charge >= 0.3 is 5.97 Å². The van der Waals surface area contributed by atoms with E-state index in [1.807, 2.05) is 4.90 Å². The van der Waals surface area contributed by atoms with Gasteiger partial charge in [0, 0.05) is 29.4 Å². The van der Waals surface area contributed by atoms with E-state index in [-0.39, 0.29) is 41.1 Å². The topological polar surface area (TPSA) is 122 Å². The van der Waals surface area contributed by atoms with Crippen LogP contribution in [0.1, 0.15) is 53.9 Å². The molecule has 0 radical (unpaired) electrons. The highest BCUT2D eigenvalue weighted by Crippen LogP contribution is 2.34. The number of aryl methyl sites for hydroxylation is 1. The SMILES string of the molecule is CC(C)(O[C@H]1CCCN1c1ncc(CCC(=O)O)s1)C(=O)Cc1cc(F)c(NC(=O)c2coc3ccccc23)c(Cl)c1. The van der Waals surface area contributed by atoms with E-state index < -0.39 is 23.3 Å². The molecule has 1 saturated heterocycles. The quantitative estimate of drug-likeness (QED) is 0.197. The number of rotatable bonds is 11. The lowest BCUT2D eigenvalue weighted by Crippen LogP contribution is -2.44. The van der Waals surface area contributed by atoms with Crippen molar-refractivity contribution < 1.29 is 33.0 Å². The van der Waals surface area contributed by atoms with Crippen molar-refractivity contribution in [2.75, 3.05) is 16.8 Å². The zero-order valence-electron chi connectivity index (χ0n) is 23.0. The number of anilines is 2. The third kappa shape index (κ3) is 6.48. The number of carbonyl (C=O) groups excluding carboxylic acids is 2. The number of halogens is 2. The molecule has 2 N–H and O–H groups in total. The van der Waals surface area contributed by atoms with Crippen molar-refractivity contribution in [3.05, 3.63) is 75.7 Å². The first-order valence-corrected chi connectivity index (χ1v) is 14.6.